The van der Waals surface area contributed by atoms with Crippen molar-refractivity contribution in [3.05, 3.63) is 58.3 Å². The van der Waals surface area contributed by atoms with Crippen LogP contribution in [0.1, 0.15) is 40.8 Å². The summed E-state index contributed by atoms with van der Waals surface area (Å²) >= 11 is 1.57. The molecule has 0 fully saturated rings. The van der Waals surface area contributed by atoms with Crippen molar-refractivity contribution in [2.24, 2.45) is 0 Å². The van der Waals surface area contributed by atoms with Crippen LogP contribution < -0.4 is 0 Å². The number of aryl methyl sites for hydroxylation is 2. The highest BCUT2D eigenvalue weighted by Gasteiger charge is 2.15. The number of hydrogen-bond donors (Lipinski definition) is 0. The van der Waals surface area contributed by atoms with E-state index in [0.29, 0.717) is 11.1 Å². The smallest absolute Gasteiger partial charge is 0.114 e. The molecule has 1 heterocycles. The van der Waals surface area contributed by atoms with Gasteiger partial charge in [0.1, 0.15) is 11.1 Å². The van der Waals surface area contributed by atoms with Crippen LogP contribution in [0.3, 0.4) is 0 Å². The van der Waals surface area contributed by atoms with Gasteiger partial charge in [0.25, 0.3) is 0 Å². The zero-order chi connectivity index (χ0) is 15.4. The van der Waals surface area contributed by atoms with Crippen molar-refractivity contribution in [2.45, 2.75) is 36.5 Å². The number of thioether (sulfide) groups is 1. The Labute approximate surface area is 134 Å². The highest BCUT2D eigenvalue weighted by Crippen LogP contribution is 2.29. The average Bonchev–Trinajstić information content (AvgIpc) is 2.59. The number of pyridine rings is 1. The Balaban J connectivity index is 1.82. The van der Waals surface area contributed by atoms with Gasteiger partial charge in [0.2, 0.25) is 0 Å². The second-order valence-corrected chi connectivity index (χ2v) is 6.33. The maximum absolute atomic E-state index is 9.35. The van der Waals surface area contributed by atoms with Gasteiger partial charge >= 0.3 is 0 Å². The molecule has 0 unspecified atom stereocenters. The molecule has 0 bridgehead atoms. The Morgan fingerprint density at radius 1 is 1.09 bits per heavy atom. The predicted molar refractivity (Wildman–Crippen MR) is 86.3 cm³/mol. The number of hydrogen-bond acceptors (Lipinski definition) is 4. The lowest BCUT2D eigenvalue weighted by Crippen LogP contribution is -2.07. The molecule has 1 aliphatic carbocycles. The third-order valence-electron chi connectivity index (χ3n) is 3.82. The number of rotatable bonds is 3. The number of nitrogens with zero attached hydrogens (tertiary/aromatic N) is 3. The van der Waals surface area contributed by atoms with Gasteiger partial charge in [-0.1, -0.05) is 12.1 Å². The minimum atomic E-state index is 0.664. The fraction of sp³-hybridized carbons (Fsp3) is 0.278. The molecule has 0 spiro atoms. The van der Waals surface area contributed by atoms with Crippen LogP contribution in [-0.2, 0) is 18.6 Å². The number of benzene rings is 1. The van der Waals surface area contributed by atoms with Crippen molar-refractivity contribution < 1.29 is 0 Å². The zero-order valence-corrected chi connectivity index (χ0v) is 13.0. The molecule has 0 aliphatic heterocycles. The first-order chi connectivity index (χ1) is 10.8. The molecular weight excluding hydrogens is 290 g/mol. The van der Waals surface area contributed by atoms with Crippen molar-refractivity contribution in [1.29, 1.82) is 10.5 Å². The fourth-order valence-electron chi connectivity index (χ4n) is 2.69. The molecule has 0 atom stereocenters. The molecule has 22 heavy (non-hydrogen) atoms. The van der Waals surface area contributed by atoms with E-state index in [1.807, 2.05) is 24.3 Å². The molecule has 4 heteroatoms. The van der Waals surface area contributed by atoms with Crippen LogP contribution >= 0.6 is 11.8 Å². The van der Waals surface area contributed by atoms with Gasteiger partial charge in [0, 0.05) is 11.4 Å². The Kier molecular flexibility index (Phi) is 4.42. The van der Waals surface area contributed by atoms with Crippen LogP contribution in [0.4, 0.5) is 0 Å². The van der Waals surface area contributed by atoms with Gasteiger partial charge in [-0.25, -0.2) is 4.98 Å². The Bertz CT molecular complexity index is 784. The summed E-state index contributed by atoms with van der Waals surface area (Å²) in [7, 11) is 0. The summed E-state index contributed by atoms with van der Waals surface area (Å²) in [5.41, 5.74) is 4.80. The average molecular weight is 305 g/mol. The quantitative estimate of drug-likeness (QED) is 0.804. The summed E-state index contributed by atoms with van der Waals surface area (Å²) in [6.45, 7) is 0. The zero-order valence-electron chi connectivity index (χ0n) is 12.2. The number of aromatic nitrogens is 1. The Morgan fingerprint density at radius 2 is 1.95 bits per heavy atom. The normalized spacial score (nSPS) is 13.0. The highest BCUT2D eigenvalue weighted by molar-refractivity contribution is 7.98. The minimum Gasteiger partial charge on any atom is -0.245 e. The molecule has 0 saturated heterocycles. The lowest BCUT2D eigenvalue weighted by atomic mass is 9.95. The van der Waals surface area contributed by atoms with E-state index in [1.165, 1.54) is 18.4 Å². The molecule has 0 saturated carbocycles. The predicted octanol–water partition coefficient (Wildman–Crippen LogP) is 4.00. The highest BCUT2D eigenvalue weighted by atomic mass is 32.2. The molecule has 0 N–H and O–H groups in total. The van der Waals surface area contributed by atoms with Gasteiger partial charge in [-0.05, 0) is 55.0 Å². The maximum Gasteiger partial charge on any atom is 0.114 e. The second kappa shape index (κ2) is 6.64. The van der Waals surface area contributed by atoms with E-state index in [4.69, 9.17) is 10.2 Å². The standard InChI is InChI=1S/C18H15N3S/c19-10-13-4-3-5-14(8-13)12-22-18-16(11-20)9-15-6-1-2-7-17(15)21-18/h3-5,8-9H,1-2,6-7,12H2. The summed E-state index contributed by atoms with van der Waals surface area (Å²) in [6.07, 6.45) is 4.41. The van der Waals surface area contributed by atoms with E-state index in [1.54, 1.807) is 17.8 Å². The van der Waals surface area contributed by atoms with Crippen LogP contribution in [0.5, 0.6) is 0 Å². The van der Waals surface area contributed by atoms with Gasteiger partial charge in [0.15, 0.2) is 0 Å². The summed E-state index contributed by atoms with van der Waals surface area (Å²) < 4.78 is 0. The molecule has 0 radical (unpaired) electrons. The van der Waals surface area contributed by atoms with E-state index in [9.17, 15) is 5.26 Å². The van der Waals surface area contributed by atoms with E-state index in [-0.39, 0.29) is 0 Å². The third kappa shape index (κ3) is 3.13. The Morgan fingerprint density at radius 3 is 2.77 bits per heavy atom. The summed E-state index contributed by atoms with van der Waals surface area (Å²) in [5, 5.41) is 19.1. The van der Waals surface area contributed by atoms with E-state index >= 15 is 0 Å². The second-order valence-electron chi connectivity index (χ2n) is 5.37. The molecule has 3 rings (SSSR count). The largest absolute Gasteiger partial charge is 0.245 e. The summed E-state index contributed by atoms with van der Waals surface area (Å²) in [4.78, 5) is 4.72. The van der Waals surface area contributed by atoms with Gasteiger partial charge in [-0.3, -0.25) is 0 Å². The first kappa shape index (κ1) is 14.6. The third-order valence-corrected chi connectivity index (χ3v) is 4.88. The van der Waals surface area contributed by atoms with Crippen LogP contribution in [-0.4, -0.2) is 4.98 Å². The number of fused-ring (bicyclic) bond motifs is 1. The van der Waals surface area contributed by atoms with Gasteiger partial charge < -0.3 is 0 Å². The van der Waals surface area contributed by atoms with E-state index in [0.717, 1.165) is 34.9 Å². The molecule has 1 aromatic heterocycles. The van der Waals surface area contributed by atoms with E-state index in [2.05, 4.69) is 12.1 Å². The molecule has 3 nitrogen and oxygen atoms in total. The van der Waals surface area contributed by atoms with Crippen LogP contribution in [0.15, 0.2) is 35.4 Å². The minimum absolute atomic E-state index is 0.664. The Hall–Kier alpha value is -2.30. The van der Waals surface area contributed by atoms with Crippen molar-refractivity contribution in [3.8, 4) is 12.1 Å². The van der Waals surface area contributed by atoms with Gasteiger partial charge in [0.05, 0.1) is 17.2 Å². The molecular formula is C18H15N3S. The maximum atomic E-state index is 9.35. The van der Waals surface area contributed by atoms with Crippen molar-refractivity contribution in [3.63, 3.8) is 0 Å². The van der Waals surface area contributed by atoms with Gasteiger partial charge in [-0.15, -0.1) is 11.8 Å². The molecule has 1 aliphatic rings. The fourth-order valence-corrected chi connectivity index (χ4v) is 3.60. The first-order valence-electron chi connectivity index (χ1n) is 7.35. The molecule has 108 valence electrons. The topological polar surface area (TPSA) is 60.5 Å². The summed E-state index contributed by atoms with van der Waals surface area (Å²) in [6, 6.07) is 14.0. The van der Waals surface area contributed by atoms with Crippen molar-refractivity contribution >= 4 is 11.8 Å². The molecule has 2 aromatic rings. The van der Waals surface area contributed by atoms with Crippen molar-refractivity contribution in [2.75, 3.05) is 0 Å². The first-order valence-corrected chi connectivity index (χ1v) is 8.33. The molecule has 1 aromatic carbocycles. The summed E-state index contributed by atoms with van der Waals surface area (Å²) in [5.74, 6) is 0.718. The van der Waals surface area contributed by atoms with Crippen LogP contribution in [0, 0.1) is 22.7 Å². The lowest BCUT2D eigenvalue weighted by Gasteiger charge is -2.16. The number of nitriles is 2. The van der Waals surface area contributed by atoms with Crippen LogP contribution in [0.25, 0.3) is 0 Å². The van der Waals surface area contributed by atoms with Gasteiger partial charge in [-0.2, -0.15) is 10.5 Å². The lowest BCUT2D eigenvalue weighted by molar-refractivity contribution is 0.660. The SMILES string of the molecule is N#Cc1cccc(CSc2nc3c(cc2C#N)CCCC3)c1. The molecule has 0 amide bonds. The van der Waals surface area contributed by atoms with Crippen molar-refractivity contribution in [1.82, 2.24) is 4.98 Å². The van der Waals surface area contributed by atoms with E-state index < -0.39 is 0 Å². The van der Waals surface area contributed by atoms with Crippen LogP contribution in [0.2, 0.25) is 0 Å². The monoisotopic (exact) mass is 305 g/mol.